The van der Waals surface area contributed by atoms with Crippen LogP contribution in [0.1, 0.15) is 42.9 Å². The van der Waals surface area contributed by atoms with Crippen LogP contribution in [0.2, 0.25) is 0 Å². The summed E-state index contributed by atoms with van der Waals surface area (Å²) in [7, 11) is -3.89. The molecule has 0 radical (unpaired) electrons. The van der Waals surface area contributed by atoms with Crippen LogP contribution in [0.25, 0.3) is 0 Å². The molecule has 0 aromatic heterocycles. The molecule has 0 unspecified atom stereocenters. The van der Waals surface area contributed by atoms with Gasteiger partial charge in [-0.3, -0.25) is 9.10 Å². The third kappa shape index (κ3) is 7.05. The molecule has 1 fully saturated rings. The molecule has 0 spiro atoms. The molecule has 1 heterocycles. The summed E-state index contributed by atoms with van der Waals surface area (Å²) in [5.74, 6) is 0.504. The topological polar surface area (TPSA) is 69.7 Å². The fourth-order valence-electron chi connectivity index (χ4n) is 4.25. The van der Waals surface area contributed by atoms with Crippen molar-refractivity contribution in [3.05, 3.63) is 59.2 Å². The lowest BCUT2D eigenvalue weighted by Crippen LogP contribution is -2.42. The lowest BCUT2D eigenvalue weighted by atomic mass is 9.99. The van der Waals surface area contributed by atoms with Crippen LogP contribution >= 0.6 is 0 Å². The highest BCUT2D eigenvalue weighted by molar-refractivity contribution is 7.92. The van der Waals surface area contributed by atoms with Crippen LogP contribution in [0.15, 0.2) is 47.4 Å². The highest BCUT2D eigenvalue weighted by Gasteiger charge is 2.27. The van der Waals surface area contributed by atoms with E-state index in [0.29, 0.717) is 12.2 Å². The van der Waals surface area contributed by atoms with E-state index in [1.807, 2.05) is 39.0 Å². The van der Waals surface area contributed by atoms with E-state index in [2.05, 4.69) is 17.1 Å². The van der Waals surface area contributed by atoms with Crippen LogP contribution < -0.4 is 9.62 Å². The van der Waals surface area contributed by atoms with Gasteiger partial charge in [0.05, 0.1) is 10.6 Å². The van der Waals surface area contributed by atoms with Gasteiger partial charge in [-0.25, -0.2) is 8.42 Å². The highest BCUT2D eigenvalue weighted by atomic mass is 32.2. The molecular weight excluding hydrogens is 434 g/mol. The molecule has 0 aliphatic carbocycles. The molecule has 0 atom stereocenters. The highest BCUT2D eigenvalue weighted by Crippen LogP contribution is 2.26. The lowest BCUT2D eigenvalue weighted by molar-refractivity contribution is -0.119. The molecule has 2 aromatic carbocycles. The fourth-order valence-corrected chi connectivity index (χ4v) is 5.65. The van der Waals surface area contributed by atoms with Crippen molar-refractivity contribution in [1.82, 2.24) is 10.2 Å². The molecule has 1 N–H and O–H groups in total. The maximum absolute atomic E-state index is 13.5. The third-order valence-corrected chi connectivity index (χ3v) is 8.03. The number of amides is 1. The van der Waals surface area contributed by atoms with Gasteiger partial charge in [-0.2, -0.15) is 0 Å². The molecule has 0 bridgehead atoms. The van der Waals surface area contributed by atoms with Gasteiger partial charge in [0, 0.05) is 6.54 Å². The van der Waals surface area contributed by atoms with Crippen LogP contribution in [0.5, 0.6) is 0 Å². The third-order valence-electron chi connectivity index (χ3n) is 6.24. The molecule has 1 saturated heterocycles. The molecule has 6 nitrogen and oxygen atoms in total. The molecule has 33 heavy (non-hydrogen) atoms. The number of carbonyl (C=O) groups excluding carboxylic acids is 1. The first kappa shape index (κ1) is 25.2. The van der Waals surface area contributed by atoms with Gasteiger partial charge in [0.1, 0.15) is 6.54 Å². The predicted molar refractivity (Wildman–Crippen MR) is 134 cm³/mol. The Morgan fingerprint density at radius 1 is 1.00 bits per heavy atom. The zero-order valence-electron chi connectivity index (χ0n) is 20.3. The van der Waals surface area contributed by atoms with E-state index in [4.69, 9.17) is 0 Å². The van der Waals surface area contributed by atoms with Crippen molar-refractivity contribution in [2.75, 3.05) is 37.0 Å². The number of sulfonamides is 1. The predicted octanol–water partition coefficient (Wildman–Crippen LogP) is 4.05. The van der Waals surface area contributed by atoms with Crippen LogP contribution in [0, 0.1) is 26.7 Å². The number of nitrogens with one attached hydrogen (secondary N) is 1. The average molecular weight is 472 g/mol. The molecule has 3 rings (SSSR count). The second kappa shape index (κ2) is 11.2. The summed E-state index contributed by atoms with van der Waals surface area (Å²) in [5.41, 5.74) is 3.38. The summed E-state index contributed by atoms with van der Waals surface area (Å²) in [5, 5.41) is 2.92. The molecule has 180 valence electrons. The quantitative estimate of drug-likeness (QED) is 0.560. The Balaban J connectivity index is 1.69. The Labute approximate surface area is 199 Å². The molecule has 1 aliphatic heterocycles. The van der Waals surface area contributed by atoms with Crippen molar-refractivity contribution in [3.8, 4) is 0 Å². The van der Waals surface area contributed by atoms with E-state index in [1.54, 1.807) is 24.3 Å². The standard InChI is InChI=1S/C26H37N3O3S/c1-20-6-8-25(9-7-20)33(31,32)29(24-17-22(3)16-23(4)18-24)19-26(30)27-12-5-13-28-14-10-21(2)11-15-28/h6-9,16-18,21H,5,10-15,19H2,1-4H3,(H,27,30). The second-order valence-corrected chi connectivity index (χ2v) is 11.3. The van der Waals surface area contributed by atoms with Gasteiger partial charge < -0.3 is 10.2 Å². The van der Waals surface area contributed by atoms with E-state index in [1.165, 1.54) is 17.1 Å². The van der Waals surface area contributed by atoms with Gasteiger partial charge in [-0.05, 0) is 101 Å². The Morgan fingerprint density at radius 2 is 1.61 bits per heavy atom. The fraction of sp³-hybridized carbons (Fsp3) is 0.500. The smallest absolute Gasteiger partial charge is 0.264 e. The largest absolute Gasteiger partial charge is 0.354 e. The Bertz CT molecular complexity index is 1020. The minimum Gasteiger partial charge on any atom is -0.354 e. The van der Waals surface area contributed by atoms with Crippen molar-refractivity contribution < 1.29 is 13.2 Å². The number of anilines is 1. The van der Waals surface area contributed by atoms with Gasteiger partial charge in [-0.15, -0.1) is 0 Å². The first-order chi connectivity index (χ1) is 15.6. The molecule has 1 amide bonds. The first-order valence-electron chi connectivity index (χ1n) is 11.8. The molecule has 7 heteroatoms. The Morgan fingerprint density at radius 3 is 2.21 bits per heavy atom. The van der Waals surface area contributed by atoms with Gasteiger partial charge in [-0.1, -0.05) is 30.7 Å². The average Bonchev–Trinajstić information content (AvgIpc) is 2.76. The lowest BCUT2D eigenvalue weighted by Gasteiger charge is -2.30. The number of benzene rings is 2. The number of carbonyl (C=O) groups is 1. The molecule has 1 aliphatic rings. The van der Waals surface area contributed by atoms with Crippen molar-refractivity contribution in [2.24, 2.45) is 5.92 Å². The van der Waals surface area contributed by atoms with Gasteiger partial charge in [0.25, 0.3) is 10.0 Å². The summed E-state index contributed by atoms with van der Waals surface area (Å²) in [6, 6.07) is 12.3. The number of hydrogen-bond acceptors (Lipinski definition) is 4. The van der Waals surface area contributed by atoms with E-state index in [9.17, 15) is 13.2 Å². The van der Waals surface area contributed by atoms with Crippen molar-refractivity contribution >= 4 is 21.6 Å². The number of piperidine rings is 1. The van der Waals surface area contributed by atoms with Crippen molar-refractivity contribution in [1.29, 1.82) is 0 Å². The second-order valence-electron chi connectivity index (χ2n) is 9.40. The van der Waals surface area contributed by atoms with Gasteiger partial charge in [0.15, 0.2) is 0 Å². The number of nitrogens with zero attached hydrogens (tertiary/aromatic N) is 2. The van der Waals surface area contributed by atoms with E-state index in [-0.39, 0.29) is 17.3 Å². The van der Waals surface area contributed by atoms with Crippen molar-refractivity contribution in [3.63, 3.8) is 0 Å². The van der Waals surface area contributed by atoms with Gasteiger partial charge in [0.2, 0.25) is 5.91 Å². The minimum absolute atomic E-state index is 0.180. The SMILES string of the molecule is Cc1ccc(S(=O)(=O)N(CC(=O)NCCCN2CCC(C)CC2)c2cc(C)cc(C)c2)cc1. The number of likely N-dealkylation sites (tertiary alicyclic amines) is 1. The Kier molecular flexibility index (Phi) is 8.54. The van der Waals surface area contributed by atoms with Crippen LogP contribution in [0.4, 0.5) is 5.69 Å². The molecule has 0 saturated carbocycles. The monoisotopic (exact) mass is 471 g/mol. The van der Waals surface area contributed by atoms with Crippen molar-refractivity contribution in [2.45, 2.75) is 51.9 Å². The summed E-state index contributed by atoms with van der Waals surface area (Å²) < 4.78 is 28.2. The zero-order valence-corrected chi connectivity index (χ0v) is 21.1. The molecular formula is C26H37N3O3S. The normalized spacial score (nSPS) is 15.4. The van der Waals surface area contributed by atoms with E-state index in [0.717, 1.165) is 48.7 Å². The number of hydrogen-bond donors (Lipinski definition) is 1. The molecule has 2 aromatic rings. The summed E-state index contributed by atoms with van der Waals surface area (Å²) in [6.45, 7) is 11.5. The van der Waals surface area contributed by atoms with Crippen LogP contribution in [-0.4, -0.2) is 51.9 Å². The maximum atomic E-state index is 13.5. The summed E-state index contributed by atoms with van der Waals surface area (Å²) in [4.78, 5) is 15.4. The summed E-state index contributed by atoms with van der Waals surface area (Å²) >= 11 is 0. The zero-order chi connectivity index (χ0) is 24.0. The number of rotatable bonds is 9. The van der Waals surface area contributed by atoms with Crippen LogP contribution in [-0.2, 0) is 14.8 Å². The summed E-state index contributed by atoms with van der Waals surface area (Å²) in [6.07, 6.45) is 3.32. The van der Waals surface area contributed by atoms with E-state index >= 15 is 0 Å². The van der Waals surface area contributed by atoms with E-state index < -0.39 is 10.0 Å². The maximum Gasteiger partial charge on any atom is 0.264 e. The first-order valence-corrected chi connectivity index (χ1v) is 13.3. The Hall–Kier alpha value is -2.38. The van der Waals surface area contributed by atoms with Crippen LogP contribution in [0.3, 0.4) is 0 Å². The van der Waals surface area contributed by atoms with Gasteiger partial charge >= 0.3 is 0 Å². The minimum atomic E-state index is -3.89. The number of aryl methyl sites for hydroxylation is 3.